The SMILES string of the molecule is Cc1ccccc1N1C(=O)CC(c2cccc(Br)c2)C1=O. The van der Waals surface area contributed by atoms with Crippen molar-refractivity contribution in [1.82, 2.24) is 0 Å². The summed E-state index contributed by atoms with van der Waals surface area (Å²) < 4.78 is 0.912. The van der Waals surface area contributed by atoms with E-state index in [0.717, 1.165) is 15.6 Å². The van der Waals surface area contributed by atoms with Crippen molar-refractivity contribution >= 4 is 33.4 Å². The van der Waals surface area contributed by atoms with Crippen LogP contribution in [0.5, 0.6) is 0 Å². The van der Waals surface area contributed by atoms with Gasteiger partial charge in [0.1, 0.15) is 0 Å². The topological polar surface area (TPSA) is 37.4 Å². The Bertz CT molecular complexity index is 726. The van der Waals surface area contributed by atoms with E-state index >= 15 is 0 Å². The van der Waals surface area contributed by atoms with Gasteiger partial charge in [-0.05, 0) is 36.2 Å². The number of carbonyl (C=O) groups is 2. The maximum atomic E-state index is 12.7. The predicted molar refractivity (Wildman–Crippen MR) is 85.2 cm³/mol. The Hall–Kier alpha value is -1.94. The summed E-state index contributed by atoms with van der Waals surface area (Å²) in [6, 6.07) is 15.0. The third kappa shape index (κ3) is 2.51. The summed E-state index contributed by atoms with van der Waals surface area (Å²) in [4.78, 5) is 26.3. The van der Waals surface area contributed by atoms with E-state index in [1.807, 2.05) is 55.5 Å². The Balaban J connectivity index is 1.98. The molecule has 1 aliphatic rings. The molecular weight excluding hydrogens is 330 g/mol. The van der Waals surface area contributed by atoms with Crippen LogP contribution in [0, 0.1) is 6.92 Å². The first-order valence-corrected chi connectivity index (χ1v) is 7.55. The number of benzene rings is 2. The summed E-state index contributed by atoms with van der Waals surface area (Å²) in [5.41, 5.74) is 2.48. The second-order valence-corrected chi connectivity index (χ2v) is 6.08. The number of hydrogen-bond acceptors (Lipinski definition) is 2. The zero-order chi connectivity index (χ0) is 15.0. The lowest BCUT2D eigenvalue weighted by Gasteiger charge is -2.17. The van der Waals surface area contributed by atoms with E-state index in [9.17, 15) is 9.59 Å². The van der Waals surface area contributed by atoms with E-state index in [1.165, 1.54) is 4.90 Å². The third-order valence-electron chi connectivity index (χ3n) is 3.75. The minimum Gasteiger partial charge on any atom is -0.274 e. The number of para-hydroxylation sites is 1. The van der Waals surface area contributed by atoms with Gasteiger partial charge < -0.3 is 0 Å². The summed E-state index contributed by atoms with van der Waals surface area (Å²) in [5, 5.41) is 0. The van der Waals surface area contributed by atoms with Gasteiger partial charge in [-0.25, -0.2) is 4.90 Å². The average Bonchev–Trinajstić information content (AvgIpc) is 2.75. The molecule has 2 amide bonds. The van der Waals surface area contributed by atoms with Crippen LogP contribution in [0.1, 0.15) is 23.5 Å². The van der Waals surface area contributed by atoms with Crippen molar-refractivity contribution in [1.29, 1.82) is 0 Å². The van der Waals surface area contributed by atoms with Gasteiger partial charge in [0, 0.05) is 10.9 Å². The Kier molecular flexibility index (Phi) is 3.64. The molecule has 0 aliphatic carbocycles. The van der Waals surface area contributed by atoms with Crippen molar-refractivity contribution in [2.45, 2.75) is 19.3 Å². The molecule has 0 N–H and O–H groups in total. The van der Waals surface area contributed by atoms with E-state index in [4.69, 9.17) is 0 Å². The van der Waals surface area contributed by atoms with Gasteiger partial charge in [0.2, 0.25) is 11.8 Å². The maximum Gasteiger partial charge on any atom is 0.241 e. The summed E-state index contributed by atoms with van der Waals surface area (Å²) >= 11 is 3.41. The minimum atomic E-state index is -0.394. The number of rotatable bonds is 2. The fraction of sp³-hybridized carbons (Fsp3) is 0.176. The quantitative estimate of drug-likeness (QED) is 0.777. The zero-order valence-electron chi connectivity index (χ0n) is 11.5. The molecule has 1 saturated heterocycles. The Morgan fingerprint density at radius 1 is 1.10 bits per heavy atom. The lowest BCUT2D eigenvalue weighted by molar-refractivity contribution is -0.121. The van der Waals surface area contributed by atoms with Gasteiger partial charge in [-0.1, -0.05) is 46.3 Å². The van der Waals surface area contributed by atoms with Crippen LogP contribution in [0.25, 0.3) is 0 Å². The van der Waals surface area contributed by atoms with E-state index in [-0.39, 0.29) is 18.2 Å². The molecule has 0 radical (unpaired) electrons. The molecule has 0 bridgehead atoms. The third-order valence-corrected chi connectivity index (χ3v) is 4.25. The molecule has 4 heteroatoms. The van der Waals surface area contributed by atoms with Crippen LogP contribution in [-0.4, -0.2) is 11.8 Å². The molecule has 106 valence electrons. The lowest BCUT2D eigenvalue weighted by Crippen LogP contribution is -2.30. The Labute approximate surface area is 131 Å². The van der Waals surface area contributed by atoms with Gasteiger partial charge in [0.05, 0.1) is 11.6 Å². The van der Waals surface area contributed by atoms with Crippen molar-refractivity contribution in [3.63, 3.8) is 0 Å². The molecule has 1 fully saturated rings. The van der Waals surface area contributed by atoms with E-state index in [2.05, 4.69) is 15.9 Å². The molecule has 1 unspecified atom stereocenters. The molecule has 1 aliphatic heterocycles. The van der Waals surface area contributed by atoms with Crippen molar-refractivity contribution in [2.75, 3.05) is 4.90 Å². The number of nitrogens with zero attached hydrogens (tertiary/aromatic N) is 1. The lowest BCUT2D eigenvalue weighted by atomic mass is 9.98. The maximum absolute atomic E-state index is 12.7. The van der Waals surface area contributed by atoms with Crippen LogP contribution in [-0.2, 0) is 9.59 Å². The van der Waals surface area contributed by atoms with Gasteiger partial charge >= 0.3 is 0 Å². The molecule has 0 aromatic heterocycles. The summed E-state index contributed by atoms with van der Waals surface area (Å²) in [7, 11) is 0. The van der Waals surface area contributed by atoms with E-state index in [0.29, 0.717) is 5.69 Å². The van der Waals surface area contributed by atoms with Gasteiger partial charge in [0.15, 0.2) is 0 Å². The smallest absolute Gasteiger partial charge is 0.241 e. The first kappa shape index (κ1) is 14.0. The summed E-state index contributed by atoms with van der Waals surface area (Å²) in [6.45, 7) is 1.91. The normalized spacial score (nSPS) is 18.4. The highest BCUT2D eigenvalue weighted by atomic mass is 79.9. The van der Waals surface area contributed by atoms with Crippen LogP contribution in [0.15, 0.2) is 53.0 Å². The van der Waals surface area contributed by atoms with Crippen LogP contribution >= 0.6 is 15.9 Å². The second kappa shape index (κ2) is 5.45. The Morgan fingerprint density at radius 2 is 1.86 bits per heavy atom. The van der Waals surface area contributed by atoms with Crippen molar-refractivity contribution in [3.8, 4) is 0 Å². The fourth-order valence-corrected chi connectivity index (χ4v) is 3.10. The van der Waals surface area contributed by atoms with Crippen molar-refractivity contribution < 1.29 is 9.59 Å². The van der Waals surface area contributed by atoms with Crippen LogP contribution in [0.4, 0.5) is 5.69 Å². The number of hydrogen-bond donors (Lipinski definition) is 0. The molecule has 21 heavy (non-hydrogen) atoms. The molecule has 0 saturated carbocycles. The number of aryl methyl sites for hydroxylation is 1. The number of anilines is 1. The molecule has 2 aromatic carbocycles. The standard InChI is InChI=1S/C17H14BrNO2/c1-11-5-2-3-8-15(11)19-16(20)10-14(17(19)21)12-6-4-7-13(18)9-12/h2-9,14H,10H2,1H3. The second-order valence-electron chi connectivity index (χ2n) is 5.17. The number of carbonyl (C=O) groups excluding carboxylic acids is 2. The molecular formula is C17H14BrNO2. The molecule has 0 spiro atoms. The number of halogens is 1. The summed E-state index contributed by atoms with van der Waals surface area (Å²) in [6.07, 6.45) is 0.226. The van der Waals surface area contributed by atoms with E-state index < -0.39 is 5.92 Å². The van der Waals surface area contributed by atoms with Gasteiger partial charge in [-0.15, -0.1) is 0 Å². The highest BCUT2D eigenvalue weighted by molar-refractivity contribution is 9.10. The fourth-order valence-electron chi connectivity index (χ4n) is 2.68. The van der Waals surface area contributed by atoms with Crippen LogP contribution < -0.4 is 4.90 Å². The predicted octanol–water partition coefficient (Wildman–Crippen LogP) is 3.80. The first-order chi connectivity index (χ1) is 10.1. The highest BCUT2D eigenvalue weighted by Gasteiger charge is 2.40. The van der Waals surface area contributed by atoms with E-state index in [1.54, 1.807) is 0 Å². The minimum absolute atomic E-state index is 0.140. The molecule has 1 heterocycles. The number of imide groups is 1. The molecule has 2 aromatic rings. The Morgan fingerprint density at radius 3 is 2.57 bits per heavy atom. The molecule has 1 atom stereocenters. The largest absolute Gasteiger partial charge is 0.274 e. The summed E-state index contributed by atoms with van der Waals surface area (Å²) in [5.74, 6) is -0.679. The molecule has 3 nitrogen and oxygen atoms in total. The van der Waals surface area contributed by atoms with Crippen molar-refractivity contribution in [2.24, 2.45) is 0 Å². The first-order valence-electron chi connectivity index (χ1n) is 6.76. The average molecular weight is 344 g/mol. The highest BCUT2D eigenvalue weighted by Crippen LogP contribution is 2.35. The monoisotopic (exact) mass is 343 g/mol. The van der Waals surface area contributed by atoms with Crippen LogP contribution in [0.3, 0.4) is 0 Å². The molecule has 3 rings (SSSR count). The van der Waals surface area contributed by atoms with Crippen LogP contribution in [0.2, 0.25) is 0 Å². The number of amides is 2. The zero-order valence-corrected chi connectivity index (χ0v) is 13.1. The van der Waals surface area contributed by atoms with Crippen molar-refractivity contribution in [3.05, 3.63) is 64.1 Å². The van der Waals surface area contributed by atoms with Gasteiger partial charge in [0.25, 0.3) is 0 Å². The van der Waals surface area contributed by atoms with Gasteiger partial charge in [-0.3, -0.25) is 9.59 Å². The van der Waals surface area contributed by atoms with Gasteiger partial charge in [-0.2, -0.15) is 0 Å².